The van der Waals surface area contributed by atoms with Gasteiger partial charge in [-0.25, -0.2) is 18.8 Å². The summed E-state index contributed by atoms with van der Waals surface area (Å²) >= 11 is 0. The summed E-state index contributed by atoms with van der Waals surface area (Å²) in [7, 11) is 3.92. The zero-order valence-electron chi connectivity index (χ0n) is 31.6. The van der Waals surface area contributed by atoms with Crippen molar-refractivity contribution >= 4 is 22.9 Å². The second-order valence-corrected chi connectivity index (χ2v) is 13.9. The molecule has 54 heavy (non-hydrogen) atoms. The first-order chi connectivity index (χ1) is 26.0. The third-order valence-corrected chi connectivity index (χ3v) is 9.30. The molecule has 0 spiro atoms. The second-order valence-electron chi connectivity index (χ2n) is 13.9. The molecule has 268 valence electrons. The molecule has 8 aromatic rings. The summed E-state index contributed by atoms with van der Waals surface area (Å²) < 4.78 is 7.49. The molecule has 0 aliphatic heterocycles. The minimum atomic E-state index is 0.253. The van der Waals surface area contributed by atoms with Crippen LogP contribution in [0.3, 0.4) is 0 Å². The zero-order chi connectivity index (χ0) is 38.3. The van der Waals surface area contributed by atoms with Crippen LogP contribution in [0.25, 0.3) is 66.0 Å². The van der Waals surface area contributed by atoms with E-state index in [0.717, 1.165) is 79.1 Å². The molecular formula is C42H40N12. The first-order valence-corrected chi connectivity index (χ1v) is 17.7. The molecule has 0 aliphatic rings. The number of hydrogen-bond donors (Lipinski definition) is 0. The average Bonchev–Trinajstić information content (AvgIpc) is 3.93. The minimum absolute atomic E-state index is 0.253. The molecule has 0 fully saturated rings. The van der Waals surface area contributed by atoms with Crippen molar-refractivity contribution in [3.8, 4) is 45.0 Å². The van der Waals surface area contributed by atoms with Gasteiger partial charge in [-0.3, -0.25) is 19.3 Å². The molecule has 0 saturated heterocycles. The van der Waals surface area contributed by atoms with Gasteiger partial charge in [-0.2, -0.15) is 10.2 Å². The van der Waals surface area contributed by atoms with E-state index >= 15 is 0 Å². The van der Waals surface area contributed by atoms with Crippen LogP contribution in [0.1, 0.15) is 62.3 Å². The lowest BCUT2D eigenvalue weighted by Crippen LogP contribution is -2.01. The van der Waals surface area contributed by atoms with E-state index in [1.54, 1.807) is 12.4 Å². The van der Waals surface area contributed by atoms with Crippen molar-refractivity contribution in [3.05, 3.63) is 131 Å². The number of aromatic nitrogens is 10. The molecule has 8 aromatic heterocycles. The molecule has 0 radical (unpaired) electrons. The largest absolute Gasteiger partial charge is 0.362 e. The van der Waals surface area contributed by atoms with Gasteiger partial charge in [-0.15, -0.1) is 0 Å². The highest BCUT2D eigenvalue weighted by Gasteiger charge is 2.25. The Labute approximate surface area is 314 Å². The molecule has 8 heterocycles. The number of aryl methyl sites for hydroxylation is 4. The lowest BCUT2D eigenvalue weighted by molar-refractivity contribution is 0.671. The van der Waals surface area contributed by atoms with Crippen LogP contribution in [0, 0.1) is 27.0 Å². The molecule has 0 atom stereocenters. The fourth-order valence-corrected chi connectivity index (χ4v) is 6.94. The first-order valence-electron chi connectivity index (χ1n) is 17.7. The van der Waals surface area contributed by atoms with Gasteiger partial charge in [0.15, 0.2) is 0 Å². The van der Waals surface area contributed by atoms with E-state index in [4.69, 9.17) is 28.3 Å². The van der Waals surface area contributed by atoms with Crippen molar-refractivity contribution in [3.63, 3.8) is 0 Å². The first kappa shape index (κ1) is 35.5. The maximum absolute atomic E-state index is 7.37. The number of nitrogens with zero attached hydrogens (tertiary/aromatic N) is 12. The third kappa shape index (κ3) is 6.39. The Hall–Kier alpha value is -6.92. The molecule has 0 aliphatic carbocycles. The molecular weight excluding hydrogens is 673 g/mol. The predicted molar refractivity (Wildman–Crippen MR) is 211 cm³/mol. The number of rotatable bonds is 6. The van der Waals surface area contributed by atoms with E-state index in [1.165, 1.54) is 0 Å². The van der Waals surface area contributed by atoms with Gasteiger partial charge in [0.25, 0.3) is 11.6 Å². The van der Waals surface area contributed by atoms with Gasteiger partial charge >= 0.3 is 0 Å². The molecule has 0 aromatic carbocycles. The van der Waals surface area contributed by atoms with Gasteiger partial charge < -0.3 is 9.69 Å². The Morgan fingerprint density at radius 2 is 1.15 bits per heavy atom. The SMILES string of the molecule is [C-]#[N+]c1cnc2ccc(-c3c(-c4cccc(C)n4)nn(C)c3C(C)C)cn12.[C-]#[N+]c1cnc2ccc(-c3c(C(C)C)nn(C)c3-c3cccc(C)n3)cn12. The zero-order valence-corrected chi connectivity index (χ0v) is 31.6. The minimum Gasteiger partial charge on any atom is -0.362 e. The fraction of sp³-hybridized carbons (Fsp3) is 0.238. The normalized spacial score (nSPS) is 11.3. The van der Waals surface area contributed by atoms with E-state index in [-0.39, 0.29) is 11.8 Å². The summed E-state index contributed by atoms with van der Waals surface area (Å²) in [5.74, 6) is 1.53. The van der Waals surface area contributed by atoms with E-state index in [0.29, 0.717) is 11.6 Å². The number of pyridine rings is 4. The number of hydrogen-bond acceptors (Lipinski definition) is 6. The van der Waals surface area contributed by atoms with Crippen molar-refractivity contribution < 1.29 is 0 Å². The quantitative estimate of drug-likeness (QED) is 0.159. The number of fused-ring (bicyclic) bond motifs is 2. The highest BCUT2D eigenvalue weighted by molar-refractivity contribution is 5.83. The molecule has 0 amide bonds. The summed E-state index contributed by atoms with van der Waals surface area (Å²) in [4.78, 5) is 25.1. The lowest BCUT2D eigenvalue weighted by atomic mass is 9.97. The van der Waals surface area contributed by atoms with Crippen molar-refractivity contribution in [1.29, 1.82) is 0 Å². The van der Waals surface area contributed by atoms with Crippen molar-refractivity contribution in [1.82, 2.24) is 48.3 Å². The van der Waals surface area contributed by atoms with E-state index in [1.807, 2.05) is 119 Å². The molecule has 12 nitrogen and oxygen atoms in total. The average molecular weight is 713 g/mol. The molecule has 8 rings (SSSR count). The Kier molecular flexibility index (Phi) is 9.36. The van der Waals surface area contributed by atoms with Crippen LogP contribution in [0.4, 0.5) is 11.6 Å². The smallest absolute Gasteiger partial charge is 0.254 e. The van der Waals surface area contributed by atoms with Gasteiger partial charge in [0, 0.05) is 65.6 Å². The summed E-state index contributed by atoms with van der Waals surface area (Å²) in [5.41, 5.74) is 13.3. The summed E-state index contributed by atoms with van der Waals surface area (Å²) in [6.07, 6.45) is 7.14. The summed E-state index contributed by atoms with van der Waals surface area (Å²) in [6, 6.07) is 19.9. The Morgan fingerprint density at radius 3 is 1.67 bits per heavy atom. The fourth-order valence-electron chi connectivity index (χ4n) is 6.94. The standard InChI is InChI=1S/2C21H20N6/c1-13(2)21-19(15-9-10-17-23-11-18(22-4)27(17)12-15)20(25-26(21)5)16-8-6-7-14(3)24-16;1-13(2)20-19(15-9-10-17-23-11-18(22-4)27(17)12-15)21(26(5)25-20)16-8-6-7-14(3)24-16/h2*6-13H,1-3,5H3. The van der Waals surface area contributed by atoms with Gasteiger partial charge in [0.2, 0.25) is 11.3 Å². The van der Waals surface area contributed by atoms with Crippen LogP contribution >= 0.6 is 0 Å². The van der Waals surface area contributed by atoms with Crippen LogP contribution in [-0.4, -0.2) is 48.3 Å². The molecule has 0 N–H and O–H groups in total. The topological polar surface area (TPSA) is 105 Å². The summed E-state index contributed by atoms with van der Waals surface area (Å²) in [5, 5.41) is 9.59. The Balaban J connectivity index is 0.000000167. The second kappa shape index (κ2) is 14.2. The van der Waals surface area contributed by atoms with E-state index < -0.39 is 0 Å². The monoisotopic (exact) mass is 712 g/mol. The molecule has 0 saturated carbocycles. The van der Waals surface area contributed by atoms with Crippen molar-refractivity contribution in [2.24, 2.45) is 14.1 Å². The maximum atomic E-state index is 7.37. The molecule has 0 unspecified atom stereocenters. The van der Waals surface area contributed by atoms with Gasteiger partial charge in [-0.05, 0) is 62.1 Å². The van der Waals surface area contributed by atoms with Crippen molar-refractivity contribution in [2.75, 3.05) is 0 Å². The van der Waals surface area contributed by atoms with Gasteiger partial charge in [0.1, 0.15) is 5.69 Å². The molecule has 12 heteroatoms. The van der Waals surface area contributed by atoms with Crippen LogP contribution in [0.5, 0.6) is 0 Å². The Bertz CT molecular complexity index is 2670. The van der Waals surface area contributed by atoms with Gasteiger partial charge in [0.05, 0.1) is 47.6 Å². The lowest BCUT2D eigenvalue weighted by Gasteiger charge is -2.10. The van der Waals surface area contributed by atoms with Crippen LogP contribution in [0.15, 0.2) is 85.5 Å². The van der Waals surface area contributed by atoms with Gasteiger partial charge in [-0.1, -0.05) is 53.0 Å². The molecule has 0 bridgehead atoms. The van der Waals surface area contributed by atoms with E-state index in [9.17, 15) is 0 Å². The van der Waals surface area contributed by atoms with Crippen LogP contribution in [0.2, 0.25) is 0 Å². The van der Waals surface area contributed by atoms with Crippen LogP contribution < -0.4 is 0 Å². The van der Waals surface area contributed by atoms with Crippen LogP contribution in [-0.2, 0) is 14.1 Å². The highest BCUT2D eigenvalue weighted by atomic mass is 15.3. The van der Waals surface area contributed by atoms with E-state index in [2.05, 4.69) is 52.3 Å². The number of imidazole rings is 2. The predicted octanol–water partition coefficient (Wildman–Crippen LogP) is 9.56. The van der Waals surface area contributed by atoms with Crippen molar-refractivity contribution in [2.45, 2.75) is 53.4 Å². The summed E-state index contributed by atoms with van der Waals surface area (Å²) in [6.45, 7) is 27.3. The highest BCUT2D eigenvalue weighted by Crippen LogP contribution is 2.39. The third-order valence-electron chi connectivity index (χ3n) is 9.30. The maximum Gasteiger partial charge on any atom is 0.254 e. The Morgan fingerprint density at radius 1 is 0.611 bits per heavy atom.